The van der Waals surface area contributed by atoms with Crippen LogP contribution in [0.2, 0.25) is 5.02 Å². The second-order valence-corrected chi connectivity index (χ2v) is 4.06. The molecule has 0 bridgehead atoms. The molecule has 1 N–H and O–H groups in total. The van der Waals surface area contributed by atoms with Crippen LogP contribution < -0.4 is 0 Å². The normalized spacial score (nSPS) is 9.50. The first-order valence-corrected chi connectivity index (χ1v) is 5.46. The average molecular weight is 255 g/mol. The lowest BCUT2D eigenvalue weighted by atomic mass is 10.0. The Balaban J connectivity index is 2.57. The monoisotopic (exact) mass is 254 g/mol. The van der Waals surface area contributed by atoms with Crippen molar-refractivity contribution in [2.45, 2.75) is 0 Å². The molecule has 3 nitrogen and oxygen atoms in total. The van der Waals surface area contributed by atoms with Crippen LogP contribution in [-0.2, 0) is 0 Å². The van der Waals surface area contributed by atoms with Crippen molar-refractivity contribution in [2.75, 3.05) is 0 Å². The molecule has 0 heterocycles. The summed E-state index contributed by atoms with van der Waals surface area (Å²) >= 11 is 5.85. The van der Waals surface area contributed by atoms with Gasteiger partial charge in [0.15, 0.2) is 0 Å². The van der Waals surface area contributed by atoms with Gasteiger partial charge in [0.2, 0.25) is 0 Å². The minimum Gasteiger partial charge on any atom is -0.507 e. The van der Waals surface area contributed by atoms with Gasteiger partial charge < -0.3 is 5.11 Å². The number of phenolic OH excluding ortho intramolecular Hbond substituents is 1. The summed E-state index contributed by atoms with van der Waals surface area (Å²) in [6.45, 7) is 0. The lowest BCUT2D eigenvalue weighted by Gasteiger charge is -2.05. The van der Waals surface area contributed by atoms with Crippen molar-refractivity contribution in [1.82, 2.24) is 0 Å². The molecule has 18 heavy (non-hydrogen) atoms. The lowest BCUT2D eigenvalue weighted by Crippen LogP contribution is -1.84. The summed E-state index contributed by atoms with van der Waals surface area (Å²) in [7, 11) is 0. The highest BCUT2D eigenvalue weighted by Crippen LogP contribution is 2.28. The molecule has 86 valence electrons. The number of aromatic hydroxyl groups is 1. The van der Waals surface area contributed by atoms with E-state index in [1.807, 2.05) is 12.1 Å². The minimum absolute atomic E-state index is 0.0595. The Morgan fingerprint density at radius 2 is 1.44 bits per heavy atom. The molecule has 0 saturated carbocycles. The smallest absolute Gasteiger partial charge is 0.133 e. The number of benzene rings is 2. The van der Waals surface area contributed by atoms with Gasteiger partial charge >= 0.3 is 0 Å². The van der Waals surface area contributed by atoms with E-state index >= 15 is 0 Å². The Morgan fingerprint density at radius 3 is 2.06 bits per heavy atom. The van der Waals surface area contributed by atoms with Crippen LogP contribution in [0.5, 0.6) is 5.75 Å². The predicted octanol–water partition coefficient (Wildman–Crippen LogP) is 3.46. The van der Waals surface area contributed by atoms with Crippen LogP contribution in [0.15, 0.2) is 36.4 Å². The molecule has 0 radical (unpaired) electrons. The molecule has 2 rings (SSSR count). The van der Waals surface area contributed by atoms with Crippen LogP contribution in [0.25, 0.3) is 11.1 Å². The molecule has 0 aliphatic carbocycles. The van der Waals surface area contributed by atoms with Crippen LogP contribution in [-0.4, -0.2) is 5.11 Å². The van der Waals surface area contributed by atoms with Gasteiger partial charge in [0.1, 0.15) is 17.9 Å². The summed E-state index contributed by atoms with van der Waals surface area (Å²) in [5.74, 6) is -0.0595. The third-order valence-corrected chi connectivity index (χ3v) is 2.87. The van der Waals surface area contributed by atoms with Crippen LogP contribution >= 0.6 is 11.6 Å². The first-order chi connectivity index (χ1) is 8.65. The van der Waals surface area contributed by atoms with Crippen molar-refractivity contribution in [3.63, 3.8) is 0 Å². The van der Waals surface area contributed by atoms with Crippen LogP contribution in [0, 0.1) is 22.7 Å². The molecule has 0 saturated heterocycles. The molecule has 0 spiro atoms. The maximum absolute atomic E-state index is 9.43. The number of halogens is 1. The third kappa shape index (κ3) is 2.13. The highest BCUT2D eigenvalue weighted by atomic mass is 35.5. The fourth-order valence-corrected chi connectivity index (χ4v) is 1.76. The van der Waals surface area contributed by atoms with Gasteiger partial charge in [0.05, 0.1) is 16.1 Å². The zero-order valence-electron chi connectivity index (χ0n) is 9.18. The predicted molar refractivity (Wildman–Crippen MR) is 68.0 cm³/mol. The number of hydrogen-bond acceptors (Lipinski definition) is 3. The zero-order chi connectivity index (χ0) is 13.1. The molecular formula is C14H7ClN2O. The van der Waals surface area contributed by atoms with Gasteiger partial charge in [-0.05, 0) is 35.4 Å². The third-order valence-electron chi connectivity index (χ3n) is 2.54. The van der Waals surface area contributed by atoms with Gasteiger partial charge in [-0.3, -0.25) is 0 Å². The molecule has 2 aromatic rings. The van der Waals surface area contributed by atoms with Gasteiger partial charge in [-0.25, -0.2) is 0 Å². The summed E-state index contributed by atoms with van der Waals surface area (Å²) in [6.07, 6.45) is 0. The van der Waals surface area contributed by atoms with E-state index in [9.17, 15) is 5.11 Å². The van der Waals surface area contributed by atoms with Gasteiger partial charge in [0.25, 0.3) is 0 Å². The Bertz CT molecular complexity index is 634. The topological polar surface area (TPSA) is 67.8 Å². The number of nitriles is 2. The summed E-state index contributed by atoms with van der Waals surface area (Å²) in [6, 6.07) is 13.6. The summed E-state index contributed by atoms with van der Waals surface area (Å²) in [5.41, 5.74) is 2.09. The van der Waals surface area contributed by atoms with Crippen molar-refractivity contribution < 1.29 is 5.11 Å². The molecule has 4 heteroatoms. The van der Waals surface area contributed by atoms with Gasteiger partial charge in [-0.1, -0.05) is 23.7 Å². The second-order valence-electron chi connectivity index (χ2n) is 3.65. The van der Waals surface area contributed by atoms with Crippen molar-refractivity contribution in [1.29, 1.82) is 10.5 Å². The molecule has 0 aliphatic heterocycles. The highest BCUT2D eigenvalue weighted by molar-refractivity contribution is 6.31. The number of rotatable bonds is 1. The fraction of sp³-hybridized carbons (Fsp3) is 0. The first-order valence-electron chi connectivity index (χ1n) is 5.09. The van der Waals surface area contributed by atoms with E-state index in [0.29, 0.717) is 10.6 Å². The van der Waals surface area contributed by atoms with E-state index in [-0.39, 0.29) is 11.3 Å². The molecule has 0 amide bonds. The number of nitrogens with zero attached hydrogens (tertiary/aromatic N) is 2. The molecule has 0 unspecified atom stereocenters. The minimum atomic E-state index is -0.0595. The average Bonchev–Trinajstić information content (AvgIpc) is 2.40. The van der Waals surface area contributed by atoms with Gasteiger partial charge in [0, 0.05) is 0 Å². The largest absolute Gasteiger partial charge is 0.507 e. The number of hydrogen-bond donors (Lipinski definition) is 1. The van der Waals surface area contributed by atoms with Crippen LogP contribution in [0.4, 0.5) is 0 Å². The van der Waals surface area contributed by atoms with Gasteiger partial charge in [-0.2, -0.15) is 10.5 Å². The van der Waals surface area contributed by atoms with Crippen LogP contribution in [0.3, 0.4) is 0 Å². The highest BCUT2D eigenvalue weighted by Gasteiger charge is 2.06. The van der Waals surface area contributed by atoms with Crippen molar-refractivity contribution >= 4 is 11.6 Å². The molecule has 0 atom stereocenters. The Kier molecular flexibility index (Phi) is 3.19. The first kappa shape index (κ1) is 12.0. The summed E-state index contributed by atoms with van der Waals surface area (Å²) < 4.78 is 0. The van der Waals surface area contributed by atoms with E-state index in [1.54, 1.807) is 30.3 Å². The van der Waals surface area contributed by atoms with Crippen molar-refractivity contribution in [2.24, 2.45) is 0 Å². The van der Waals surface area contributed by atoms with E-state index in [4.69, 9.17) is 22.1 Å². The van der Waals surface area contributed by atoms with E-state index in [2.05, 4.69) is 0 Å². The SMILES string of the molecule is N#Cc1cc(-c2ccc(Cl)c(C#N)c2)ccc1O. The van der Waals surface area contributed by atoms with E-state index in [0.717, 1.165) is 11.1 Å². The van der Waals surface area contributed by atoms with E-state index < -0.39 is 0 Å². The fourth-order valence-electron chi connectivity index (χ4n) is 1.60. The van der Waals surface area contributed by atoms with E-state index in [1.165, 1.54) is 6.07 Å². The van der Waals surface area contributed by atoms with Crippen LogP contribution in [0.1, 0.15) is 11.1 Å². The molecule has 0 aliphatic rings. The zero-order valence-corrected chi connectivity index (χ0v) is 9.94. The molecule has 0 aromatic heterocycles. The summed E-state index contributed by atoms with van der Waals surface area (Å²) in [4.78, 5) is 0. The maximum Gasteiger partial charge on any atom is 0.133 e. The Hall–Kier alpha value is -2.49. The molecule has 2 aromatic carbocycles. The Labute approximate surface area is 109 Å². The lowest BCUT2D eigenvalue weighted by molar-refractivity contribution is 0.473. The second kappa shape index (κ2) is 4.79. The summed E-state index contributed by atoms with van der Waals surface area (Å²) in [5, 5.41) is 27.6. The quantitative estimate of drug-likeness (QED) is 0.847. The van der Waals surface area contributed by atoms with Gasteiger partial charge in [-0.15, -0.1) is 0 Å². The number of phenols is 1. The van der Waals surface area contributed by atoms with Crippen molar-refractivity contribution in [3.8, 4) is 29.0 Å². The molecular weight excluding hydrogens is 248 g/mol. The maximum atomic E-state index is 9.43. The van der Waals surface area contributed by atoms with Crippen molar-refractivity contribution in [3.05, 3.63) is 52.5 Å². The molecule has 0 fully saturated rings. The standard InChI is InChI=1S/C14H7ClN2O/c15-13-3-1-9(5-11(13)7-16)10-2-4-14(18)12(6-10)8-17/h1-6,18H. The Morgan fingerprint density at radius 1 is 0.889 bits per heavy atom.